The molecule has 5 heteroatoms. The Kier molecular flexibility index (Phi) is 16.2. The van der Waals surface area contributed by atoms with Gasteiger partial charge in [-0.15, -0.1) is 0 Å². The van der Waals surface area contributed by atoms with E-state index in [1.165, 1.54) is 24.0 Å². The molecule has 206 valence electrons. The monoisotopic (exact) mass is 536 g/mol. The predicted molar refractivity (Wildman–Crippen MR) is 160 cm³/mol. The molecule has 0 saturated carbocycles. The number of benzene rings is 3. The second-order valence-electron chi connectivity index (χ2n) is 9.62. The third kappa shape index (κ3) is 13.8. The van der Waals surface area contributed by atoms with Crippen molar-refractivity contribution in [2.45, 2.75) is 64.6 Å². The Hall–Kier alpha value is -2.60. The molecule has 0 amide bonds. The molecule has 3 atom stereocenters. The Bertz CT molecular complexity index is 980. The Balaban J connectivity index is 0.000000348. The normalized spacial score (nSPS) is 18.6. The first-order valence-electron chi connectivity index (χ1n) is 13.7. The van der Waals surface area contributed by atoms with E-state index in [0.717, 1.165) is 17.7 Å². The third-order valence-corrected chi connectivity index (χ3v) is 6.55. The second-order valence-corrected chi connectivity index (χ2v) is 10.1. The second kappa shape index (κ2) is 19.5. The van der Waals surface area contributed by atoms with Crippen LogP contribution in [0.2, 0.25) is 0 Å². The van der Waals surface area contributed by atoms with Crippen LogP contribution in [0.4, 0.5) is 0 Å². The number of hydrogen-bond acceptors (Lipinski definition) is 5. The van der Waals surface area contributed by atoms with Crippen LogP contribution in [-0.2, 0) is 27.1 Å². The van der Waals surface area contributed by atoms with Crippen molar-refractivity contribution in [3.63, 3.8) is 0 Å². The molecule has 0 aromatic heterocycles. The van der Waals surface area contributed by atoms with E-state index in [1.54, 1.807) is 0 Å². The molecule has 4 rings (SSSR count). The lowest BCUT2D eigenvalue weighted by Gasteiger charge is -2.25. The van der Waals surface area contributed by atoms with Crippen molar-refractivity contribution in [3.8, 4) is 0 Å². The van der Waals surface area contributed by atoms with Crippen LogP contribution in [0.3, 0.4) is 0 Å². The van der Waals surface area contributed by atoms with Crippen molar-refractivity contribution >= 4 is 18.6 Å². The van der Waals surface area contributed by atoms with Gasteiger partial charge in [0.2, 0.25) is 0 Å². The van der Waals surface area contributed by atoms with Crippen LogP contribution >= 0.6 is 12.6 Å². The molecule has 0 radical (unpaired) electrons. The Morgan fingerprint density at radius 3 is 2.00 bits per heavy atom. The Morgan fingerprint density at radius 1 is 0.921 bits per heavy atom. The van der Waals surface area contributed by atoms with Gasteiger partial charge in [-0.3, -0.25) is 4.79 Å². The fourth-order valence-corrected chi connectivity index (χ4v) is 4.42. The topological polar surface area (TPSA) is 55.8 Å². The summed E-state index contributed by atoms with van der Waals surface area (Å²) in [5, 5.41) is 10.1. The lowest BCUT2D eigenvalue weighted by Crippen LogP contribution is -2.32. The van der Waals surface area contributed by atoms with Gasteiger partial charge in [0.15, 0.2) is 0 Å². The molecule has 1 fully saturated rings. The predicted octanol–water partition coefficient (Wildman–Crippen LogP) is 6.88. The van der Waals surface area contributed by atoms with E-state index in [0.29, 0.717) is 32.5 Å². The summed E-state index contributed by atoms with van der Waals surface area (Å²) >= 11 is 4.00. The van der Waals surface area contributed by atoms with Crippen molar-refractivity contribution in [2.75, 3.05) is 19.0 Å². The van der Waals surface area contributed by atoms with Crippen LogP contribution in [0.15, 0.2) is 91.0 Å². The summed E-state index contributed by atoms with van der Waals surface area (Å²) in [6.07, 6.45) is 4.03. The van der Waals surface area contributed by atoms with Crippen molar-refractivity contribution in [2.24, 2.45) is 5.92 Å². The largest absolute Gasteiger partial charge is 0.460 e. The summed E-state index contributed by atoms with van der Waals surface area (Å²) in [6, 6.07) is 30.3. The van der Waals surface area contributed by atoms with Crippen molar-refractivity contribution in [1.29, 1.82) is 0 Å². The molecule has 3 aromatic carbocycles. The van der Waals surface area contributed by atoms with Crippen molar-refractivity contribution < 1.29 is 19.4 Å². The van der Waals surface area contributed by atoms with Crippen molar-refractivity contribution in [3.05, 3.63) is 108 Å². The number of carbonyl (C=O) groups excluding carboxylic acids is 1. The Morgan fingerprint density at radius 2 is 1.50 bits per heavy atom. The molecule has 1 saturated heterocycles. The average molecular weight is 537 g/mol. The maximum Gasteiger partial charge on any atom is 0.306 e. The van der Waals surface area contributed by atoms with E-state index in [4.69, 9.17) is 9.47 Å². The molecule has 38 heavy (non-hydrogen) atoms. The maximum absolute atomic E-state index is 12.3. The molecular formula is C33H44O4S. The van der Waals surface area contributed by atoms with Gasteiger partial charge < -0.3 is 14.6 Å². The molecule has 3 aromatic rings. The van der Waals surface area contributed by atoms with Crippen molar-refractivity contribution in [1.82, 2.24) is 0 Å². The SMILES string of the molecule is CCCCS.Cc1ccccc1.O=C(CCc1ccccc1)OC1COC[C@@H](O)CC1Cc1ccccc1. The number of rotatable bonds is 8. The van der Waals surface area contributed by atoms with Crippen LogP contribution in [-0.4, -0.2) is 42.3 Å². The van der Waals surface area contributed by atoms with Gasteiger partial charge in [0.1, 0.15) is 6.10 Å². The zero-order valence-electron chi connectivity index (χ0n) is 22.9. The van der Waals surface area contributed by atoms with E-state index < -0.39 is 6.10 Å². The fraction of sp³-hybridized carbons (Fsp3) is 0.424. The molecule has 2 unspecified atom stereocenters. The van der Waals surface area contributed by atoms with Crippen LogP contribution in [0.25, 0.3) is 0 Å². The number of thiol groups is 1. The highest BCUT2D eigenvalue weighted by Gasteiger charge is 2.31. The fourth-order valence-electron chi connectivity index (χ4n) is 4.10. The smallest absolute Gasteiger partial charge is 0.306 e. The average Bonchev–Trinajstić information content (AvgIpc) is 3.10. The number of carbonyl (C=O) groups is 1. The molecule has 1 N–H and O–H groups in total. The van der Waals surface area contributed by atoms with Gasteiger partial charge in [-0.05, 0) is 49.5 Å². The number of unbranched alkanes of at least 4 members (excludes halogenated alkanes) is 1. The van der Waals surface area contributed by atoms with Gasteiger partial charge in [-0.25, -0.2) is 0 Å². The highest BCUT2D eigenvalue weighted by Crippen LogP contribution is 2.24. The highest BCUT2D eigenvalue weighted by atomic mass is 32.1. The van der Waals surface area contributed by atoms with Crippen LogP contribution < -0.4 is 0 Å². The van der Waals surface area contributed by atoms with E-state index >= 15 is 0 Å². The summed E-state index contributed by atoms with van der Waals surface area (Å²) in [6.45, 7) is 4.88. The van der Waals surface area contributed by atoms with E-state index in [-0.39, 0.29) is 18.0 Å². The molecule has 0 aliphatic carbocycles. The Labute approximate surface area is 234 Å². The zero-order valence-corrected chi connectivity index (χ0v) is 23.8. The van der Waals surface area contributed by atoms with E-state index in [1.807, 2.05) is 66.7 Å². The molecule has 0 spiro atoms. The lowest BCUT2D eigenvalue weighted by molar-refractivity contribution is -0.154. The van der Waals surface area contributed by atoms with Crippen LogP contribution in [0.5, 0.6) is 0 Å². The van der Waals surface area contributed by atoms with Gasteiger partial charge in [-0.2, -0.15) is 12.6 Å². The van der Waals surface area contributed by atoms with Gasteiger partial charge in [0.25, 0.3) is 0 Å². The first-order valence-corrected chi connectivity index (χ1v) is 14.3. The van der Waals surface area contributed by atoms with Crippen LogP contribution in [0.1, 0.15) is 49.3 Å². The number of aliphatic hydroxyl groups is 1. The minimum atomic E-state index is -0.517. The summed E-state index contributed by atoms with van der Waals surface area (Å²) in [4.78, 5) is 12.3. The number of aliphatic hydroxyl groups excluding tert-OH is 1. The minimum Gasteiger partial charge on any atom is -0.460 e. The molecular weight excluding hydrogens is 492 g/mol. The summed E-state index contributed by atoms with van der Waals surface area (Å²) in [5.41, 5.74) is 3.62. The van der Waals surface area contributed by atoms with E-state index in [2.05, 4.69) is 50.7 Å². The quantitative estimate of drug-likeness (QED) is 0.243. The molecule has 4 nitrogen and oxygen atoms in total. The number of ether oxygens (including phenoxy) is 2. The third-order valence-electron chi connectivity index (χ3n) is 6.23. The number of aryl methyl sites for hydroxylation is 2. The van der Waals surface area contributed by atoms with Gasteiger partial charge >= 0.3 is 5.97 Å². The first-order chi connectivity index (χ1) is 18.5. The maximum atomic E-state index is 12.3. The van der Waals surface area contributed by atoms with Gasteiger partial charge in [-0.1, -0.05) is 110 Å². The number of esters is 1. The van der Waals surface area contributed by atoms with E-state index in [9.17, 15) is 9.90 Å². The van der Waals surface area contributed by atoms with Gasteiger partial charge in [0, 0.05) is 12.3 Å². The zero-order chi connectivity index (χ0) is 27.4. The lowest BCUT2D eigenvalue weighted by atomic mass is 9.89. The molecule has 0 bridgehead atoms. The van der Waals surface area contributed by atoms with Gasteiger partial charge in [0.05, 0.1) is 19.3 Å². The number of hydrogen-bond donors (Lipinski definition) is 2. The molecule has 1 aliphatic rings. The summed E-state index contributed by atoms with van der Waals surface area (Å²) in [7, 11) is 0. The summed E-state index contributed by atoms with van der Waals surface area (Å²) < 4.78 is 11.3. The summed E-state index contributed by atoms with van der Waals surface area (Å²) in [5.74, 6) is 0.878. The molecule has 1 aliphatic heterocycles. The minimum absolute atomic E-state index is 0.0515. The van der Waals surface area contributed by atoms with Crippen LogP contribution in [0, 0.1) is 12.8 Å². The highest BCUT2D eigenvalue weighted by molar-refractivity contribution is 7.80. The molecule has 1 heterocycles. The standard InChI is InChI=1S/C22H26O4.C7H8.C4H10S/c23-20-14-19(13-18-9-5-2-6-10-18)21(16-25-15-20)26-22(24)12-11-17-7-3-1-4-8-17;1-7-5-3-2-4-6-7;1-2-3-4-5/h1-10,19-21,23H,11-16H2;2-6H,1H3;5H,2-4H2,1H3/t19?,20-,21?;;/m0../s1. The first kappa shape index (κ1) is 31.6.